The zero-order chi connectivity index (χ0) is 104. The molecule has 39 heteroatoms. The topological polar surface area (TPSA) is 498 Å². The number of nitrogens with one attached hydrogen (secondary N) is 12. The number of carbonyl (C=O) groups is 6. The molecular formula is C101H78ClF6N19O13. The van der Waals surface area contributed by atoms with E-state index in [0.717, 1.165) is 60.2 Å². The second-order valence-corrected chi connectivity index (χ2v) is 29.6. The summed E-state index contributed by atoms with van der Waals surface area (Å²) in [5.74, 6) is -6.19. The first-order chi connectivity index (χ1) is 66.1. The SMILES string of the molecule is [C-]#[N+]c1ccc(O)c(C(=O)NC(C)=N)c1-c1ccc(C#N)cc1.[C-]#[N+]c1ccc(O)c(C(=O)NC(C)=N)c1-c1ccc(C(F)(F)F)cc1.[C-]#[N+]c1ccc(O)c(C(=O)NC(C)=N)c1-c1ccc(C)cc1.[C-]#[N+]c1ccc(O)c(C(=O)NC(C)=N)c1-c1ccc(Cl)cc1.[C-]#[N+]c1ccc(O)c(C(=O)NC(C)=N)c1-c1ccc(OC)cc1.[C-]#[N+]c1ccc(O)c(C(=O)NC(C)=N)c1-c1cccc(C(F)(F)F)c1. The fourth-order valence-electron chi connectivity index (χ4n) is 13.1. The molecule has 0 unspecified atom stereocenters. The van der Waals surface area contributed by atoms with Crippen molar-refractivity contribution in [2.45, 2.75) is 60.8 Å². The molecule has 0 radical (unpaired) electrons. The minimum atomic E-state index is -4.60. The molecule has 18 N–H and O–H groups in total. The van der Waals surface area contributed by atoms with Crippen molar-refractivity contribution in [1.29, 1.82) is 37.7 Å². The van der Waals surface area contributed by atoms with Crippen LogP contribution in [0.15, 0.2) is 218 Å². The maximum atomic E-state index is 13.0. The van der Waals surface area contributed by atoms with Crippen LogP contribution in [0.2, 0.25) is 5.02 Å². The Bertz CT molecular complexity index is 7130. The number of aryl methyl sites for hydroxylation is 1. The summed E-state index contributed by atoms with van der Waals surface area (Å²) in [4.78, 5) is 93.9. The first-order valence-corrected chi connectivity index (χ1v) is 40.4. The van der Waals surface area contributed by atoms with Crippen molar-refractivity contribution in [3.8, 4) is 113 Å². The van der Waals surface area contributed by atoms with E-state index in [0.29, 0.717) is 55.3 Å². The van der Waals surface area contributed by atoms with E-state index in [-0.39, 0.29) is 153 Å². The van der Waals surface area contributed by atoms with Gasteiger partial charge in [0.05, 0.1) is 138 Å². The summed E-state index contributed by atoms with van der Waals surface area (Å²) in [6.07, 6.45) is -9.11. The number of benzene rings is 12. The number of nitriles is 1. The van der Waals surface area contributed by atoms with Crippen molar-refractivity contribution in [3.05, 3.63) is 348 Å². The zero-order valence-electron chi connectivity index (χ0n) is 74.6. The van der Waals surface area contributed by atoms with Gasteiger partial charge < -0.3 is 67.3 Å². The molecule has 140 heavy (non-hydrogen) atoms. The number of nitrogens with zero attached hydrogens (tertiary/aromatic N) is 7. The summed E-state index contributed by atoms with van der Waals surface area (Å²) in [6.45, 7) is 53.8. The van der Waals surface area contributed by atoms with E-state index in [9.17, 15) is 85.7 Å². The predicted molar refractivity (Wildman–Crippen MR) is 515 cm³/mol. The molecule has 0 fully saturated rings. The number of ether oxygens (including phenoxy) is 1. The van der Waals surface area contributed by atoms with E-state index in [4.69, 9.17) is 93.5 Å². The van der Waals surface area contributed by atoms with Crippen LogP contribution in [0.25, 0.3) is 95.8 Å². The third-order valence-electron chi connectivity index (χ3n) is 19.0. The maximum Gasteiger partial charge on any atom is 0.416 e. The molecule has 0 saturated heterocycles. The van der Waals surface area contributed by atoms with E-state index in [1.54, 1.807) is 92.0 Å². The number of phenolic OH excluding ortho intramolecular Hbond substituents is 6. The number of aromatic hydroxyl groups is 6. The van der Waals surface area contributed by atoms with Gasteiger partial charge in [-0.3, -0.25) is 61.2 Å². The summed E-state index contributed by atoms with van der Waals surface area (Å²) in [7, 11) is 1.54. The van der Waals surface area contributed by atoms with E-state index in [1.807, 2.05) is 25.1 Å². The lowest BCUT2D eigenvalue weighted by Crippen LogP contribution is -2.28. The molecule has 0 saturated carbocycles. The standard InChI is InChI=1S/2C17H12F3N3O2.C17H12N4O2.C17H15N3O3.C17H15N3O2.C16H12ClN3O2/c1-9(21)23-16(25)15-13(24)8-7-12(22-2)14(15)10-3-5-11(6-4-10)17(18,19)20;1-9(21)23-16(25)15-13(24)7-6-12(22-2)14(15)10-4-3-5-11(8-10)17(18,19)20;1-10(19)21-17(23)16-14(22)8-7-13(20-2)15(16)12-5-3-11(9-18)4-6-12;1-10(18)20-17(22)16-14(21)9-8-13(19-2)15(16)11-4-6-12(23-3)7-5-11;1-10-4-6-12(7-5-10)15-13(19-3)8-9-14(21)16(15)17(22)20-11(2)18;1-9(18)20-16(22)15-13(21)8-7-12(19-2)14(15)10-3-5-11(17)6-4-10/h2*3-8,24H,1H3,(H2,21,23,25);3-8,22H,1H3,(H2,19,21,23);4-9,21H,1,3H3,(H2,18,20,22);4-9,21H,1-2H3,(H2,18,20,22);3-8,21H,1H3,(H2,18,20,22). The Morgan fingerprint density at radius 3 is 0.771 bits per heavy atom. The van der Waals surface area contributed by atoms with Gasteiger partial charge >= 0.3 is 12.4 Å². The number of amidine groups is 6. The summed E-state index contributed by atoms with van der Waals surface area (Å²) in [5.41, 5.74) is 3.38. The smallest absolute Gasteiger partial charge is 0.416 e. The lowest BCUT2D eigenvalue weighted by molar-refractivity contribution is -0.138. The highest BCUT2D eigenvalue weighted by atomic mass is 35.5. The number of methoxy groups -OCH3 is 1. The Balaban J connectivity index is 0.000000229. The number of phenols is 6. The molecule has 6 amide bonds. The average Bonchev–Trinajstić information content (AvgIpc) is 0.788. The number of alkyl halides is 6. The van der Waals surface area contributed by atoms with Crippen LogP contribution in [0.4, 0.5) is 60.5 Å². The van der Waals surface area contributed by atoms with E-state index < -0.39 is 70.4 Å². The number of carbonyl (C=O) groups excluding carboxylic acids is 6. The second kappa shape index (κ2) is 48.2. The molecule has 0 aliphatic carbocycles. The van der Waals surface area contributed by atoms with Crippen LogP contribution in [0.5, 0.6) is 40.2 Å². The molecule has 0 aliphatic heterocycles. The summed E-state index contributed by atoms with van der Waals surface area (Å²) < 4.78 is 82.1. The van der Waals surface area contributed by atoms with Gasteiger partial charge in [-0.25, -0.2) is 29.1 Å². The fraction of sp³-hybridized carbons (Fsp3) is 0.0990. The third-order valence-corrected chi connectivity index (χ3v) is 19.2. The molecule has 0 heterocycles. The quantitative estimate of drug-likeness (QED) is 0.0221. The molecule has 12 rings (SSSR count). The van der Waals surface area contributed by atoms with Crippen LogP contribution in [0.3, 0.4) is 0 Å². The van der Waals surface area contributed by atoms with Crippen LogP contribution in [-0.4, -0.2) is 108 Å². The number of hydrogen-bond acceptors (Lipinski definition) is 20. The molecule has 12 aromatic carbocycles. The Hall–Kier alpha value is -19.6. The van der Waals surface area contributed by atoms with Crippen molar-refractivity contribution < 1.29 is 90.5 Å². The summed E-state index contributed by atoms with van der Waals surface area (Å²) in [6, 6.07) is 52.9. The highest BCUT2D eigenvalue weighted by molar-refractivity contribution is 6.30. The molecular weight excluding hydrogens is 1840 g/mol. The van der Waals surface area contributed by atoms with Gasteiger partial charge in [0.1, 0.15) is 40.2 Å². The van der Waals surface area contributed by atoms with Crippen LogP contribution in [0, 0.1) is 90.1 Å². The van der Waals surface area contributed by atoms with E-state index in [1.165, 1.54) is 108 Å². The van der Waals surface area contributed by atoms with E-state index in [2.05, 4.69) is 61.0 Å². The lowest BCUT2D eigenvalue weighted by atomic mass is 9.95. The van der Waals surface area contributed by atoms with Gasteiger partial charge in [0.25, 0.3) is 35.4 Å². The van der Waals surface area contributed by atoms with Crippen molar-refractivity contribution in [3.63, 3.8) is 0 Å². The fourth-order valence-corrected chi connectivity index (χ4v) is 13.2. The Kier molecular flexibility index (Phi) is 37.0. The van der Waals surface area contributed by atoms with Crippen molar-refractivity contribution in [2.75, 3.05) is 7.11 Å². The molecule has 0 spiro atoms. The van der Waals surface area contributed by atoms with Crippen LogP contribution < -0.4 is 36.6 Å². The molecule has 0 aromatic heterocycles. The third kappa shape index (κ3) is 27.8. The van der Waals surface area contributed by atoms with E-state index >= 15 is 0 Å². The zero-order valence-corrected chi connectivity index (χ0v) is 75.4. The van der Waals surface area contributed by atoms with Gasteiger partial charge in [-0.1, -0.05) is 138 Å². The Morgan fingerprint density at radius 1 is 0.329 bits per heavy atom. The second-order valence-electron chi connectivity index (χ2n) is 29.2. The largest absolute Gasteiger partial charge is 0.507 e. The maximum absolute atomic E-state index is 13.0. The molecule has 32 nitrogen and oxygen atoms in total. The summed E-state index contributed by atoms with van der Waals surface area (Å²) >= 11 is 5.86. The van der Waals surface area contributed by atoms with Gasteiger partial charge in [-0.15, -0.1) is 0 Å². The first kappa shape index (κ1) is 107. The van der Waals surface area contributed by atoms with Crippen molar-refractivity contribution in [2.24, 2.45) is 0 Å². The van der Waals surface area contributed by atoms with Crippen LogP contribution in [-0.2, 0) is 12.4 Å². The molecule has 0 bridgehead atoms. The summed E-state index contributed by atoms with van der Waals surface area (Å²) in [5, 5.41) is 128. The predicted octanol–water partition coefficient (Wildman–Crippen LogP) is 22.9. The van der Waals surface area contributed by atoms with Crippen LogP contribution in [0.1, 0.15) is 126 Å². The van der Waals surface area contributed by atoms with Gasteiger partial charge in [0, 0.05) is 38.4 Å². The van der Waals surface area contributed by atoms with Crippen molar-refractivity contribution in [1.82, 2.24) is 31.9 Å². The Labute approximate surface area is 800 Å². The van der Waals surface area contributed by atoms with Gasteiger partial charge in [-0.05, 0) is 179 Å². The minimum Gasteiger partial charge on any atom is -0.507 e. The normalized spacial score (nSPS) is 10.1. The van der Waals surface area contributed by atoms with Gasteiger partial charge in [0.2, 0.25) is 0 Å². The van der Waals surface area contributed by atoms with Gasteiger partial charge in [-0.2, -0.15) is 31.6 Å². The van der Waals surface area contributed by atoms with Crippen molar-refractivity contribution >= 4 is 116 Å². The highest BCUT2D eigenvalue weighted by Crippen LogP contribution is 2.47. The molecule has 0 atom stereocenters. The monoisotopic (exact) mass is 1910 g/mol. The minimum absolute atomic E-state index is 0.00229. The first-order valence-electron chi connectivity index (χ1n) is 40.1. The number of amides is 6. The molecule has 12 aromatic rings. The highest BCUT2D eigenvalue weighted by Gasteiger charge is 2.34. The number of hydrogen-bond donors (Lipinski definition) is 18. The van der Waals surface area contributed by atoms with Crippen LogP contribution >= 0.6 is 11.6 Å². The lowest BCUT2D eigenvalue weighted by Gasteiger charge is -2.15. The molecule has 704 valence electrons. The number of rotatable bonds is 13. The Morgan fingerprint density at radius 2 is 0.550 bits per heavy atom. The number of halogens is 7. The van der Waals surface area contributed by atoms with Gasteiger partial charge in [0.15, 0.2) is 34.1 Å². The average molecular weight is 1920 g/mol. The molecule has 0 aliphatic rings.